The Balaban J connectivity index is 1.78. The Morgan fingerprint density at radius 1 is 0.800 bits per heavy atom. The fraction of sp³-hybridized carbons (Fsp3) is 0. The maximum atomic E-state index is 5.71. The summed E-state index contributed by atoms with van der Waals surface area (Å²) in [7, 11) is 0. The molecule has 4 rings (SSSR count). The van der Waals surface area contributed by atoms with Crippen molar-refractivity contribution >= 4 is 21.6 Å². The molecule has 0 spiro atoms. The van der Waals surface area contributed by atoms with Crippen LogP contribution in [0.2, 0.25) is 0 Å². The molecule has 2 heterocycles. The summed E-state index contributed by atoms with van der Waals surface area (Å²) in [6, 6.07) is 17.7. The Hall–Kier alpha value is -2.53. The second-order valence-corrected chi connectivity index (χ2v) is 5.30. The first-order chi connectivity index (χ1) is 9.90. The van der Waals surface area contributed by atoms with Crippen molar-refractivity contribution in [3.63, 3.8) is 0 Å². The molecule has 4 aromatic rings. The van der Waals surface area contributed by atoms with Crippen LogP contribution in [0.15, 0.2) is 59.0 Å². The van der Waals surface area contributed by atoms with Gasteiger partial charge >= 0.3 is 0 Å². The summed E-state index contributed by atoms with van der Waals surface area (Å²) in [6.07, 6.45) is 0. The van der Waals surface area contributed by atoms with Gasteiger partial charge in [-0.05, 0) is 24.3 Å². The molecule has 96 valence electrons. The number of thiazole rings is 1. The Labute approximate surface area is 118 Å². The highest BCUT2D eigenvalue weighted by Crippen LogP contribution is 2.30. The van der Waals surface area contributed by atoms with Crippen LogP contribution >= 0.6 is 11.3 Å². The molecule has 5 heteroatoms. The summed E-state index contributed by atoms with van der Waals surface area (Å²) >= 11 is 1.55. The molecule has 0 fully saturated rings. The molecule has 0 bridgehead atoms. The molecule has 0 saturated heterocycles. The third kappa shape index (κ3) is 1.88. The van der Waals surface area contributed by atoms with Crippen LogP contribution in [0.3, 0.4) is 0 Å². The minimum Gasteiger partial charge on any atom is -0.414 e. The molecule has 0 unspecified atom stereocenters. The van der Waals surface area contributed by atoms with Crippen LogP contribution in [-0.4, -0.2) is 15.2 Å². The van der Waals surface area contributed by atoms with Gasteiger partial charge in [-0.3, -0.25) is 0 Å². The molecular weight excluding hydrogens is 270 g/mol. The largest absolute Gasteiger partial charge is 0.414 e. The van der Waals surface area contributed by atoms with E-state index in [1.54, 1.807) is 11.3 Å². The number of hydrogen-bond acceptors (Lipinski definition) is 5. The summed E-state index contributed by atoms with van der Waals surface area (Å²) < 4.78 is 6.82. The van der Waals surface area contributed by atoms with Crippen LogP contribution in [-0.2, 0) is 0 Å². The Kier molecular flexibility index (Phi) is 2.57. The van der Waals surface area contributed by atoms with Crippen LogP contribution in [0, 0.1) is 0 Å². The van der Waals surface area contributed by atoms with Crippen molar-refractivity contribution in [2.75, 3.05) is 0 Å². The summed E-state index contributed by atoms with van der Waals surface area (Å²) in [5.41, 5.74) is 1.86. The second kappa shape index (κ2) is 4.54. The Bertz CT molecular complexity index is 834. The maximum Gasteiger partial charge on any atom is 0.277 e. The number of hydrogen-bond donors (Lipinski definition) is 0. The van der Waals surface area contributed by atoms with E-state index in [4.69, 9.17) is 4.42 Å². The molecule has 20 heavy (non-hydrogen) atoms. The normalized spacial score (nSPS) is 11.0. The van der Waals surface area contributed by atoms with Gasteiger partial charge in [-0.1, -0.05) is 30.3 Å². The molecule has 0 aliphatic carbocycles. The van der Waals surface area contributed by atoms with E-state index in [9.17, 15) is 0 Å². The zero-order valence-corrected chi connectivity index (χ0v) is 11.2. The average Bonchev–Trinajstić information content (AvgIpc) is 3.14. The number of para-hydroxylation sites is 1. The highest BCUT2D eigenvalue weighted by molar-refractivity contribution is 7.21. The van der Waals surface area contributed by atoms with Crippen LogP contribution in [0.1, 0.15) is 0 Å². The summed E-state index contributed by atoms with van der Waals surface area (Å²) in [5.74, 6) is 0.977. The first-order valence-corrected chi connectivity index (χ1v) is 6.97. The number of benzene rings is 2. The topological polar surface area (TPSA) is 51.8 Å². The molecule has 2 aromatic carbocycles. The second-order valence-electron chi connectivity index (χ2n) is 4.27. The van der Waals surface area contributed by atoms with Crippen molar-refractivity contribution in [3.8, 4) is 22.4 Å². The van der Waals surface area contributed by atoms with Crippen LogP contribution in [0.4, 0.5) is 0 Å². The lowest BCUT2D eigenvalue weighted by Gasteiger charge is -1.91. The average molecular weight is 279 g/mol. The molecule has 0 saturated carbocycles. The van der Waals surface area contributed by atoms with E-state index < -0.39 is 0 Å². The van der Waals surface area contributed by atoms with Gasteiger partial charge in [-0.15, -0.1) is 21.5 Å². The lowest BCUT2D eigenvalue weighted by molar-refractivity contribution is 0.584. The lowest BCUT2D eigenvalue weighted by Crippen LogP contribution is -1.75. The van der Waals surface area contributed by atoms with Crippen LogP contribution < -0.4 is 0 Å². The van der Waals surface area contributed by atoms with Crippen molar-refractivity contribution < 1.29 is 4.42 Å². The molecule has 0 aliphatic heterocycles. The predicted molar refractivity (Wildman–Crippen MR) is 78.3 cm³/mol. The minimum atomic E-state index is 0.463. The van der Waals surface area contributed by atoms with Crippen LogP contribution in [0.5, 0.6) is 0 Å². The van der Waals surface area contributed by atoms with E-state index in [1.807, 2.05) is 54.6 Å². The first kappa shape index (κ1) is 11.3. The fourth-order valence-corrected chi connectivity index (χ4v) is 2.86. The van der Waals surface area contributed by atoms with E-state index >= 15 is 0 Å². The van der Waals surface area contributed by atoms with E-state index in [-0.39, 0.29) is 0 Å². The fourth-order valence-electron chi connectivity index (χ4n) is 1.97. The zero-order valence-electron chi connectivity index (χ0n) is 10.4. The summed E-state index contributed by atoms with van der Waals surface area (Å²) in [5, 5.41) is 8.92. The quantitative estimate of drug-likeness (QED) is 0.556. The molecule has 0 aliphatic rings. The van der Waals surface area contributed by atoms with Crippen LogP contribution in [0.25, 0.3) is 32.6 Å². The number of aromatic nitrogens is 3. The van der Waals surface area contributed by atoms with Crippen molar-refractivity contribution in [3.05, 3.63) is 54.6 Å². The molecule has 0 amide bonds. The first-order valence-electron chi connectivity index (χ1n) is 6.15. The Morgan fingerprint density at radius 2 is 1.55 bits per heavy atom. The third-order valence-corrected chi connectivity index (χ3v) is 3.95. The molecular formula is C15H9N3OS. The predicted octanol–water partition coefficient (Wildman–Crippen LogP) is 4.01. The van der Waals surface area contributed by atoms with Gasteiger partial charge in [0.05, 0.1) is 10.2 Å². The van der Waals surface area contributed by atoms with Gasteiger partial charge in [-0.25, -0.2) is 4.98 Å². The SMILES string of the molecule is c1ccc(-c2nnc(-c3nc4ccccc4s3)o2)cc1. The van der Waals surface area contributed by atoms with Gasteiger partial charge in [-0.2, -0.15) is 0 Å². The van der Waals surface area contributed by atoms with E-state index in [0.717, 1.165) is 20.8 Å². The summed E-state index contributed by atoms with van der Waals surface area (Å²) in [6.45, 7) is 0. The van der Waals surface area contributed by atoms with E-state index in [1.165, 1.54) is 0 Å². The van der Waals surface area contributed by atoms with E-state index in [0.29, 0.717) is 11.8 Å². The van der Waals surface area contributed by atoms with E-state index in [2.05, 4.69) is 15.2 Å². The molecule has 0 N–H and O–H groups in total. The van der Waals surface area contributed by atoms with Gasteiger partial charge < -0.3 is 4.42 Å². The lowest BCUT2D eigenvalue weighted by atomic mass is 10.2. The smallest absolute Gasteiger partial charge is 0.277 e. The molecule has 4 nitrogen and oxygen atoms in total. The van der Waals surface area contributed by atoms with Crippen molar-refractivity contribution in [2.24, 2.45) is 0 Å². The zero-order chi connectivity index (χ0) is 13.4. The van der Waals surface area contributed by atoms with Gasteiger partial charge in [0.15, 0.2) is 5.01 Å². The van der Waals surface area contributed by atoms with Crippen molar-refractivity contribution in [1.29, 1.82) is 0 Å². The summed E-state index contributed by atoms with van der Waals surface area (Å²) in [4.78, 5) is 4.51. The number of rotatable bonds is 2. The van der Waals surface area contributed by atoms with Gasteiger partial charge in [0, 0.05) is 5.56 Å². The highest BCUT2D eigenvalue weighted by atomic mass is 32.1. The molecule has 0 atom stereocenters. The van der Waals surface area contributed by atoms with Crippen molar-refractivity contribution in [2.45, 2.75) is 0 Å². The monoisotopic (exact) mass is 279 g/mol. The number of fused-ring (bicyclic) bond motifs is 1. The molecule has 0 radical (unpaired) electrons. The van der Waals surface area contributed by atoms with Gasteiger partial charge in [0.2, 0.25) is 5.89 Å². The minimum absolute atomic E-state index is 0.463. The van der Waals surface area contributed by atoms with Crippen molar-refractivity contribution in [1.82, 2.24) is 15.2 Å². The third-order valence-electron chi connectivity index (χ3n) is 2.92. The highest BCUT2D eigenvalue weighted by Gasteiger charge is 2.14. The Morgan fingerprint density at radius 3 is 2.40 bits per heavy atom. The number of nitrogens with zero attached hydrogens (tertiary/aromatic N) is 3. The maximum absolute atomic E-state index is 5.71. The standard InChI is InChI=1S/C15H9N3OS/c1-2-6-10(7-3-1)13-17-18-14(19-13)15-16-11-8-4-5-9-12(11)20-15/h1-9H. The van der Waals surface area contributed by atoms with Gasteiger partial charge in [0.25, 0.3) is 5.89 Å². The molecule has 2 aromatic heterocycles. The van der Waals surface area contributed by atoms with Gasteiger partial charge in [0.1, 0.15) is 0 Å².